The topological polar surface area (TPSA) is 60.4 Å². The lowest BCUT2D eigenvalue weighted by molar-refractivity contribution is -0.133. The van der Waals surface area contributed by atoms with Crippen LogP contribution in [0.1, 0.15) is 20.7 Å². The summed E-state index contributed by atoms with van der Waals surface area (Å²) in [5.41, 5.74) is 0.155. The normalized spacial score (nSPS) is 9.71. The predicted molar refractivity (Wildman–Crippen MR) is 76.8 cm³/mol. The number of benzene rings is 2. The van der Waals surface area contributed by atoms with Crippen molar-refractivity contribution in [3.05, 3.63) is 83.9 Å². The molecule has 104 valence electrons. The number of hydrogen-bond acceptors (Lipinski definition) is 4. The first-order valence-electron chi connectivity index (χ1n) is 6.20. The van der Waals surface area contributed by atoms with Crippen molar-refractivity contribution in [1.29, 1.82) is 0 Å². The number of hydrogen-bond donors (Lipinski definition) is 0. The van der Waals surface area contributed by atoms with E-state index in [2.05, 4.69) is 11.3 Å². The lowest BCUT2D eigenvalue weighted by Gasteiger charge is -2.05. The minimum absolute atomic E-state index is 0.228. The molecule has 2 aromatic rings. The van der Waals surface area contributed by atoms with Gasteiger partial charge in [0.05, 0.1) is 5.56 Å². The van der Waals surface area contributed by atoms with Crippen LogP contribution >= 0.6 is 0 Å². The van der Waals surface area contributed by atoms with Crippen molar-refractivity contribution in [3.63, 3.8) is 0 Å². The van der Waals surface area contributed by atoms with Crippen LogP contribution in [0, 0.1) is 0 Å². The molecule has 21 heavy (non-hydrogen) atoms. The van der Waals surface area contributed by atoms with Gasteiger partial charge in [-0.05, 0) is 12.1 Å². The predicted octanol–water partition coefficient (Wildman–Crippen LogP) is 2.81. The second-order valence-corrected chi connectivity index (χ2v) is 4.22. The Morgan fingerprint density at radius 2 is 1.24 bits per heavy atom. The zero-order valence-electron chi connectivity index (χ0n) is 11.1. The SMILES string of the molecule is C=C(C(=O)OC(=O)c1ccccc1)C(=O)c1ccccc1. The maximum atomic E-state index is 12.0. The summed E-state index contributed by atoms with van der Waals surface area (Å²) in [6.45, 7) is 3.40. The van der Waals surface area contributed by atoms with Crippen LogP contribution in [0.2, 0.25) is 0 Å². The minimum Gasteiger partial charge on any atom is -0.386 e. The van der Waals surface area contributed by atoms with E-state index in [1.165, 1.54) is 12.1 Å². The second-order valence-electron chi connectivity index (χ2n) is 4.22. The number of esters is 2. The third kappa shape index (κ3) is 3.51. The van der Waals surface area contributed by atoms with E-state index in [4.69, 9.17) is 0 Å². The molecule has 0 radical (unpaired) electrons. The Kier molecular flexibility index (Phi) is 4.41. The molecular formula is C17H12O4. The standard InChI is InChI=1S/C17H12O4/c1-12(15(18)13-8-4-2-5-9-13)16(19)21-17(20)14-10-6-3-7-11-14/h2-11H,1H2. The number of ether oxygens (including phenoxy) is 1. The molecule has 0 fully saturated rings. The Labute approximate surface area is 121 Å². The average Bonchev–Trinajstić information content (AvgIpc) is 2.55. The molecule has 0 N–H and O–H groups in total. The lowest BCUT2D eigenvalue weighted by atomic mass is 10.1. The summed E-state index contributed by atoms with van der Waals surface area (Å²) in [5.74, 6) is -2.43. The Bertz CT molecular complexity index is 687. The highest BCUT2D eigenvalue weighted by Gasteiger charge is 2.22. The highest BCUT2D eigenvalue weighted by Crippen LogP contribution is 2.10. The van der Waals surface area contributed by atoms with Gasteiger partial charge in [0.2, 0.25) is 0 Å². The fourth-order valence-electron chi connectivity index (χ4n) is 1.64. The average molecular weight is 280 g/mol. The van der Waals surface area contributed by atoms with Gasteiger partial charge < -0.3 is 4.74 Å². The quantitative estimate of drug-likeness (QED) is 0.284. The molecule has 0 atom stereocenters. The van der Waals surface area contributed by atoms with Gasteiger partial charge in [-0.25, -0.2) is 9.59 Å². The molecule has 0 amide bonds. The van der Waals surface area contributed by atoms with Crippen LogP contribution in [0.15, 0.2) is 72.8 Å². The van der Waals surface area contributed by atoms with Crippen molar-refractivity contribution in [3.8, 4) is 0 Å². The van der Waals surface area contributed by atoms with Crippen LogP contribution in [-0.2, 0) is 9.53 Å². The molecule has 0 aliphatic heterocycles. The number of Topliss-reactive ketones (excluding diaryl/α,β-unsaturated/α-hetero) is 1. The monoisotopic (exact) mass is 280 g/mol. The van der Waals surface area contributed by atoms with Crippen molar-refractivity contribution in [1.82, 2.24) is 0 Å². The third-order valence-electron chi connectivity index (χ3n) is 2.75. The smallest absolute Gasteiger partial charge is 0.349 e. The van der Waals surface area contributed by atoms with Gasteiger partial charge in [0.15, 0.2) is 5.78 Å². The minimum atomic E-state index is -1.04. The first kappa shape index (κ1) is 14.4. The summed E-state index contributed by atoms with van der Waals surface area (Å²) < 4.78 is 4.64. The van der Waals surface area contributed by atoms with Crippen LogP contribution in [-0.4, -0.2) is 17.7 Å². The third-order valence-corrected chi connectivity index (χ3v) is 2.75. The van der Waals surface area contributed by atoms with Gasteiger partial charge in [0.25, 0.3) is 0 Å². The summed E-state index contributed by atoms with van der Waals surface area (Å²) >= 11 is 0. The van der Waals surface area contributed by atoms with E-state index in [9.17, 15) is 14.4 Å². The molecule has 0 aliphatic rings. The molecule has 0 heterocycles. The van der Waals surface area contributed by atoms with Crippen molar-refractivity contribution in [2.45, 2.75) is 0 Å². The Hall–Kier alpha value is -3.01. The molecule has 0 spiro atoms. The largest absolute Gasteiger partial charge is 0.386 e. The second kappa shape index (κ2) is 6.43. The van der Waals surface area contributed by atoms with Gasteiger partial charge in [-0.1, -0.05) is 55.1 Å². The fourth-order valence-corrected chi connectivity index (χ4v) is 1.64. The van der Waals surface area contributed by atoms with Gasteiger partial charge in [-0.3, -0.25) is 4.79 Å². The first-order valence-corrected chi connectivity index (χ1v) is 6.20. The van der Waals surface area contributed by atoms with E-state index in [0.29, 0.717) is 5.56 Å². The Morgan fingerprint density at radius 1 is 0.762 bits per heavy atom. The zero-order chi connectivity index (χ0) is 15.2. The highest BCUT2D eigenvalue weighted by atomic mass is 16.6. The van der Waals surface area contributed by atoms with E-state index >= 15 is 0 Å². The van der Waals surface area contributed by atoms with E-state index in [0.717, 1.165) is 0 Å². The molecule has 0 saturated carbocycles. The first-order chi connectivity index (χ1) is 10.1. The van der Waals surface area contributed by atoms with Crippen LogP contribution < -0.4 is 0 Å². The van der Waals surface area contributed by atoms with Gasteiger partial charge in [0, 0.05) is 5.56 Å². The molecule has 0 aromatic heterocycles. The summed E-state index contributed by atoms with van der Waals surface area (Å²) in [6, 6.07) is 16.2. The van der Waals surface area contributed by atoms with E-state index in [1.807, 2.05) is 0 Å². The van der Waals surface area contributed by atoms with E-state index < -0.39 is 17.7 Å². The van der Waals surface area contributed by atoms with Crippen molar-refractivity contribution < 1.29 is 19.1 Å². The maximum absolute atomic E-state index is 12.0. The van der Waals surface area contributed by atoms with Crippen LogP contribution in [0.3, 0.4) is 0 Å². The molecule has 4 nitrogen and oxygen atoms in total. The molecule has 0 aliphatic carbocycles. The highest BCUT2D eigenvalue weighted by molar-refractivity contribution is 6.25. The number of carbonyl (C=O) groups is 3. The fraction of sp³-hybridized carbons (Fsp3) is 0. The molecule has 0 unspecified atom stereocenters. The summed E-state index contributed by atoms with van der Waals surface area (Å²) in [6.07, 6.45) is 0. The number of ketones is 1. The van der Waals surface area contributed by atoms with Crippen molar-refractivity contribution in [2.75, 3.05) is 0 Å². The molecule has 0 bridgehead atoms. The van der Waals surface area contributed by atoms with E-state index in [1.54, 1.807) is 48.5 Å². The lowest BCUT2D eigenvalue weighted by Crippen LogP contribution is -2.19. The molecule has 0 saturated heterocycles. The van der Waals surface area contributed by atoms with Crippen LogP contribution in [0.25, 0.3) is 0 Å². The van der Waals surface area contributed by atoms with Crippen molar-refractivity contribution >= 4 is 17.7 Å². The molecular weight excluding hydrogens is 268 g/mol. The summed E-state index contributed by atoms with van der Waals surface area (Å²) in [7, 11) is 0. The Balaban J connectivity index is 2.05. The Morgan fingerprint density at radius 3 is 1.76 bits per heavy atom. The maximum Gasteiger partial charge on any atom is 0.349 e. The van der Waals surface area contributed by atoms with Gasteiger partial charge in [-0.15, -0.1) is 0 Å². The molecule has 2 rings (SSSR count). The van der Waals surface area contributed by atoms with E-state index in [-0.39, 0.29) is 11.1 Å². The molecule has 2 aromatic carbocycles. The van der Waals surface area contributed by atoms with Gasteiger partial charge >= 0.3 is 11.9 Å². The summed E-state index contributed by atoms with van der Waals surface area (Å²) in [4.78, 5) is 35.5. The van der Waals surface area contributed by atoms with Gasteiger partial charge in [-0.2, -0.15) is 0 Å². The van der Waals surface area contributed by atoms with Crippen LogP contribution in [0.5, 0.6) is 0 Å². The van der Waals surface area contributed by atoms with Crippen LogP contribution in [0.4, 0.5) is 0 Å². The molecule has 4 heteroatoms. The number of rotatable bonds is 4. The number of carbonyl (C=O) groups excluding carboxylic acids is 3. The zero-order valence-corrected chi connectivity index (χ0v) is 11.1. The van der Waals surface area contributed by atoms with Gasteiger partial charge in [0.1, 0.15) is 5.57 Å². The summed E-state index contributed by atoms with van der Waals surface area (Å²) in [5, 5.41) is 0. The van der Waals surface area contributed by atoms with Crippen molar-refractivity contribution in [2.24, 2.45) is 0 Å².